The summed E-state index contributed by atoms with van der Waals surface area (Å²) in [5, 5.41) is 4.27. The van der Waals surface area contributed by atoms with Crippen LogP contribution >= 0.6 is 11.8 Å². The van der Waals surface area contributed by atoms with Gasteiger partial charge in [-0.15, -0.1) is 0 Å². The summed E-state index contributed by atoms with van der Waals surface area (Å²) >= 11 is 1.27. The SMILES string of the molecule is CCCCn1c(SCC(=O)Nc2cccc(CC)c2)nc2c(oc3ccccc32)c1=O. The first-order valence-corrected chi connectivity index (χ1v) is 11.5. The van der Waals surface area contributed by atoms with Gasteiger partial charge in [0.15, 0.2) is 5.16 Å². The van der Waals surface area contributed by atoms with Crippen molar-refractivity contribution in [3.05, 3.63) is 64.4 Å². The van der Waals surface area contributed by atoms with Gasteiger partial charge in [0.1, 0.15) is 11.1 Å². The van der Waals surface area contributed by atoms with E-state index >= 15 is 0 Å². The summed E-state index contributed by atoms with van der Waals surface area (Å²) in [6, 6.07) is 15.3. The van der Waals surface area contributed by atoms with E-state index in [2.05, 4.69) is 19.2 Å². The monoisotopic (exact) mass is 435 g/mol. The number of furan rings is 1. The Morgan fingerprint density at radius 2 is 2.00 bits per heavy atom. The number of anilines is 1. The van der Waals surface area contributed by atoms with Crippen molar-refractivity contribution in [3.8, 4) is 0 Å². The predicted octanol–water partition coefficient (Wildman–Crippen LogP) is 5.24. The number of carbonyl (C=O) groups is 1. The maximum absolute atomic E-state index is 13.1. The molecule has 6 nitrogen and oxygen atoms in total. The lowest BCUT2D eigenvalue weighted by Gasteiger charge is -2.11. The second-order valence-electron chi connectivity index (χ2n) is 7.37. The van der Waals surface area contributed by atoms with Gasteiger partial charge in [-0.2, -0.15) is 0 Å². The highest BCUT2D eigenvalue weighted by Gasteiger charge is 2.18. The first kappa shape index (κ1) is 21.2. The van der Waals surface area contributed by atoms with Crippen LogP contribution in [0.1, 0.15) is 32.3 Å². The second kappa shape index (κ2) is 9.39. The molecule has 0 saturated heterocycles. The van der Waals surface area contributed by atoms with E-state index in [9.17, 15) is 9.59 Å². The Kier molecular flexibility index (Phi) is 6.42. The van der Waals surface area contributed by atoms with E-state index in [0.717, 1.165) is 35.9 Å². The number of amides is 1. The number of nitrogens with one attached hydrogen (secondary N) is 1. The minimum Gasteiger partial charge on any atom is -0.448 e. The fourth-order valence-corrected chi connectivity index (χ4v) is 4.29. The Bertz CT molecular complexity index is 1290. The van der Waals surface area contributed by atoms with Gasteiger partial charge in [0, 0.05) is 17.6 Å². The van der Waals surface area contributed by atoms with Crippen LogP contribution in [-0.4, -0.2) is 21.2 Å². The Balaban J connectivity index is 1.62. The van der Waals surface area contributed by atoms with Crippen LogP contribution in [0.3, 0.4) is 0 Å². The highest BCUT2D eigenvalue weighted by molar-refractivity contribution is 7.99. The molecule has 31 heavy (non-hydrogen) atoms. The van der Waals surface area contributed by atoms with Gasteiger partial charge in [-0.3, -0.25) is 14.2 Å². The Morgan fingerprint density at radius 3 is 2.81 bits per heavy atom. The summed E-state index contributed by atoms with van der Waals surface area (Å²) in [5.41, 5.74) is 3.19. The molecule has 1 N–H and O–H groups in total. The molecule has 0 spiro atoms. The molecular weight excluding hydrogens is 410 g/mol. The molecule has 0 unspecified atom stereocenters. The van der Waals surface area contributed by atoms with E-state index in [1.54, 1.807) is 4.57 Å². The van der Waals surface area contributed by atoms with Crippen LogP contribution < -0.4 is 10.9 Å². The fourth-order valence-electron chi connectivity index (χ4n) is 3.47. The van der Waals surface area contributed by atoms with Gasteiger partial charge < -0.3 is 9.73 Å². The number of para-hydroxylation sites is 1. The Hall–Kier alpha value is -3.06. The number of hydrogen-bond acceptors (Lipinski definition) is 5. The third kappa shape index (κ3) is 4.51. The van der Waals surface area contributed by atoms with Crippen LogP contribution in [0.5, 0.6) is 0 Å². The number of aryl methyl sites for hydroxylation is 1. The van der Waals surface area contributed by atoms with Crippen LogP contribution in [0.4, 0.5) is 5.69 Å². The molecule has 0 aliphatic heterocycles. The average Bonchev–Trinajstić information content (AvgIpc) is 3.16. The van der Waals surface area contributed by atoms with Crippen molar-refractivity contribution in [2.24, 2.45) is 0 Å². The van der Waals surface area contributed by atoms with Gasteiger partial charge in [-0.25, -0.2) is 4.98 Å². The quantitative estimate of drug-likeness (QED) is 0.303. The predicted molar refractivity (Wildman–Crippen MR) is 126 cm³/mol. The first-order valence-electron chi connectivity index (χ1n) is 10.5. The van der Waals surface area contributed by atoms with Crippen LogP contribution in [0.25, 0.3) is 22.1 Å². The summed E-state index contributed by atoms with van der Waals surface area (Å²) in [5.74, 6) is 0.0302. The molecule has 4 rings (SSSR count). The molecule has 7 heteroatoms. The van der Waals surface area contributed by atoms with Crippen molar-refractivity contribution in [2.45, 2.75) is 44.8 Å². The topological polar surface area (TPSA) is 77.1 Å². The molecule has 0 radical (unpaired) electrons. The van der Waals surface area contributed by atoms with Crippen molar-refractivity contribution in [1.29, 1.82) is 0 Å². The molecule has 0 bridgehead atoms. The van der Waals surface area contributed by atoms with Crippen LogP contribution in [-0.2, 0) is 17.8 Å². The molecule has 2 aromatic carbocycles. The molecule has 0 fully saturated rings. The highest BCUT2D eigenvalue weighted by Crippen LogP contribution is 2.27. The van der Waals surface area contributed by atoms with E-state index in [4.69, 9.17) is 9.40 Å². The van der Waals surface area contributed by atoms with Crippen LogP contribution in [0.2, 0.25) is 0 Å². The lowest BCUT2D eigenvalue weighted by molar-refractivity contribution is -0.113. The third-order valence-corrected chi connectivity index (χ3v) is 6.11. The molecule has 2 aromatic heterocycles. The molecular formula is C24H25N3O3S. The number of fused-ring (bicyclic) bond motifs is 3. The smallest absolute Gasteiger partial charge is 0.297 e. The number of rotatable bonds is 8. The minimum atomic E-state index is -0.201. The van der Waals surface area contributed by atoms with Gasteiger partial charge in [0.25, 0.3) is 5.56 Å². The number of carbonyl (C=O) groups excluding carboxylic acids is 1. The first-order chi connectivity index (χ1) is 15.1. The van der Waals surface area contributed by atoms with E-state index in [1.165, 1.54) is 11.8 Å². The molecule has 0 saturated carbocycles. The van der Waals surface area contributed by atoms with Gasteiger partial charge in [-0.05, 0) is 42.7 Å². The minimum absolute atomic E-state index is 0.133. The maximum atomic E-state index is 13.1. The summed E-state index contributed by atoms with van der Waals surface area (Å²) in [7, 11) is 0. The number of nitrogens with zero attached hydrogens (tertiary/aromatic N) is 2. The van der Waals surface area contributed by atoms with E-state index in [0.29, 0.717) is 22.8 Å². The van der Waals surface area contributed by atoms with Gasteiger partial charge >= 0.3 is 0 Å². The molecule has 0 aliphatic rings. The van der Waals surface area contributed by atoms with E-state index < -0.39 is 0 Å². The summed E-state index contributed by atoms with van der Waals surface area (Å²) < 4.78 is 7.43. The largest absolute Gasteiger partial charge is 0.448 e. The van der Waals surface area contributed by atoms with E-state index in [-0.39, 0.29) is 22.8 Å². The molecule has 2 heterocycles. The van der Waals surface area contributed by atoms with Crippen molar-refractivity contribution in [3.63, 3.8) is 0 Å². The number of thioether (sulfide) groups is 1. The lowest BCUT2D eigenvalue weighted by atomic mass is 10.1. The lowest BCUT2D eigenvalue weighted by Crippen LogP contribution is -2.24. The fraction of sp³-hybridized carbons (Fsp3) is 0.292. The molecule has 1 amide bonds. The Labute approximate surface area is 184 Å². The zero-order valence-corrected chi connectivity index (χ0v) is 18.5. The van der Waals surface area contributed by atoms with E-state index in [1.807, 2.05) is 48.5 Å². The zero-order valence-electron chi connectivity index (χ0n) is 17.7. The number of unbranched alkanes of at least 4 members (excludes halogenated alkanes) is 1. The number of benzene rings is 2. The molecule has 160 valence electrons. The number of hydrogen-bond donors (Lipinski definition) is 1. The van der Waals surface area contributed by atoms with Crippen molar-refractivity contribution < 1.29 is 9.21 Å². The normalized spacial score (nSPS) is 11.3. The van der Waals surface area contributed by atoms with Crippen molar-refractivity contribution in [1.82, 2.24) is 9.55 Å². The molecule has 0 aliphatic carbocycles. The highest BCUT2D eigenvalue weighted by atomic mass is 32.2. The maximum Gasteiger partial charge on any atom is 0.297 e. The summed E-state index contributed by atoms with van der Waals surface area (Å²) in [6.07, 6.45) is 2.70. The van der Waals surface area contributed by atoms with Gasteiger partial charge in [-0.1, -0.05) is 56.3 Å². The van der Waals surface area contributed by atoms with Gasteiger partial charge in [0.2, 0.25) is 11.5 Å². The zero-order chi connectivity index (χ0) is 21.8. The number of aromatic nitrogens is 2. The van der Waals surface area contributed by atoms with Crippen molar-refractivity contribution >= 4 is 45.4 Å². The summed E-state index contributed by atoms with van der Waals surface area (Å²) in [6.45, 7) is 4.69. The second-order valence-corrected chi connectivity index (χ2v) is 8.31. The van der Waals surface area contributed by atoms with Crippen molar-refractivity contribution in [2.75, 3.05) is 11.1 Å². The summed E-state index contributed by atoms with van der Waals surface area (Å²) in [4.78, 5) is 30.4. The van der Waals surface area contributed by atoms with Crippen LogP contribution in [0, 0.1) is 0 Å². The van der Waals surface area contributed by atoms with Crippen LogP contribution in [0.15, 0.2) is 62.9 Å². The van der Waals surface area contributed by atoms with Gasteiger partial charge in [0.05, 0.1) is 5.75 Å². The standard InChI is InChI=1S/C24H25N3O3S/c1-3-5-13-27-23(29)22-21(18-11-6-7-12-19(18)30-22)26-24(27)31-15-20(28)25-17-10-8-9-16(4-2)14-17/h6-12,14H,3-5,13,15H2,1-2H3,(H,25,28). The third-order valence-electron chi connectivity index (χ3n) is 5.13. The Morgan fingerprint density at radius 1 is 1.16 bits per heavy atom. The molecule has 0 atom stereocenters. The molecule has 4 aromatic rings. The average molecular weight is 436 g/mol.